The first-order valence-corrected chi connectivity index (χ1v) is 12.0. The number of carbonyl (C=O) groups excluding carboxylic acids is 2. The van der Waals surface area contributed by atoms with Crippen molar-refractivity contribution in [2.24, 2.45) is 0 Å². The van der Waals surface area contributed by atoms with Crippen molar-refractivity contribution < 1.29 is 9.59 Å². The number of nitrogens with one attached hydrogen (secondary N) is 2. The van der Waals surface area contributed by atoms with Crippen LogP contribution in [-0.4, -0.2) is 54.9 Å². The Kier molecular flexibility index (Phi) is 7.93. The van der Waals surface area contributed by atoms with Crippen LogP contribution in [0.1, 0.15) is 35.6 Å². The number of hydrogen-bond donors (Lipinski definition) is 2. The standard InChI is InChI=1S/C28H30N6O2/c1-20(22-10-8-21(16-29)9-11-22)17-31-27(23-6-4-3-5-7-23)28(36)32-25-13-12-24(18-30-25)34-15-14-33(2)26(35)19-34/h3-13,18,20,27,31H,14-15,17,19H2,1-2H3,(H,30,32,36)/t20-,27+/m0/s1. The van der Waals surface area contributed by atoms with Crippen molar-refractivity contribution >= 4 is 23.3 Å². The van der Waals surface area contributed by atoms with Gasteiger partial charge in [0.15, 0.2) is 0 Å². The Balaban J connectivity index is 1.42. The van der Waals surface area contributed by atoms with Crippen molar-refractivity contribution in [3.05, 3.63) is 89.6 Å². The SMILES string of the molecule is C[C@@H](CN[C@@H](C(=O)Nc1ccc(N2CCN(C)C(=O)C2)cn1)c1ccccc1)c1ccc(C#N)cc1. The molecule has 4 rings (SSSR count). The molecule has 8 nitrogen and oxygen atoms in total. The molecule has 1 aromatic heterocycles. The Labute approximate surface area is 211 Å². The molecule has 1 aliphatic heterocycles. The molecule has 1 aliphatic rings. The number of carbonyl (C=O) groups is 2. The Morgan fingerprint density at radius 2 is 1.81 bits per heavy atom. The highest BCUT2D eigenvalue weighted by molar-refractivity contribution is 5.95. The predicted molar refractivity (Wildman–Crippen MR) is 139 cm³/mol. The molecule has 0 radical (unpaired) electrons. The lowest BCUT2D eigenvalue weighted by Gasteiger charge is -2.33. The van der Waals surface area contributed by atoms with Gasteiger partial charge in [-0.1, -0.05) is 49.4 Å². The normalized spacial score (nSPS) is 15.2. The zero-order valence-electron chi connectivity index (χ0n) is 20.5. The summed E-state index contributed by atoms with van der Waals surface area (Å²) in [5, 5.41) is 15.3. The van der Waals surface area contributed by atoms with Gasteiger partial charge in [-0.05, 0) is 41.3 Å². The van der Waals surface area contributed by atoms with Crippen molar-refractivity contribution in [3.8, 4) is 6.07 Å². The summed E-state index contributed by atoms with van der Waals surface area (Å²) in [4.78, 5) is 33.4. The van der Waals surface area contributed by atoms with Gasteiger partial charge >= 0.3 is 0 Å². The van der Waals surface area contributed by atoms with E-state index in [1.54, 1.807) is 36.3 Å². The van der Waals surface area contributed by atoms with Crippen molar-refractivity contribution in [1.29, 1.82) is 5.26 Å². The minimum absolute atomic E-state index is 0.0747. The number of aromatic nitrogens is 1. The number of likely N-dealkylation sites (N-methyl/N-ethyl adjacent to an activating group) is 1. The number of amides is 2. The van der Waals surface area contributed by atoms with Crippen molar-refractivity contribution in [2.75, 3.05) is 43.4 Å². The number of rotatable bonds is 8. The second-order valence-electron chi connectivity index (χ2n) is 9.01. The van der Waals surface area contributed by atoms with E-state index in [0.29, 0.717) is 31.0 Å². The van der Waals surface area contributed by atoms with Gasteiger partial charge in [-0.3, -0.25) is 9.59 Å². The second-order valence-corrected chi connectivity index (χ2v) is 9.01. The van der Waals surface area contributed by atoms with Gasteiger partial charge in [-0.25, -0.2) is 4.98 Å². The Morgan fingerprint density at radius 3 is 2.44 bits per heavy atom. The van der Waals surface area contributed by atoms with Crippen LogP contribution in [0.25, 0.3) is 0 Å². The number of nitrogens with zero attached hydrogens (tertiary/aromatic N) is 4. The van der Waals surface area contributed by atoms with Gasteiger partial charge in [0.1, 0.15) is 11.9 Å². The summed E-state index contributed by atoms with van der Waals surface area (Å²) >= 11 is 0. The molecular weight excluding hydrogens is 452 g/mol. The van der Waals surface area contributed by atoms with Crippen LogP contribution in [0.3, 0.4) is 0 Å². The highest BCUT2D eigenvalue weighted by Crippen LogP contribution is 2.21. The van der Waals surface area contributed by atoms with E-state index in [9.17, 15) is 9.59 Å². The highest BCUT2D eigenvalue weighted by Gasteiger charge is 2.23. The molecule has 0 aliphatic carbocycles. The van der Waals surface area contributed by atoms with Crippen molar-refractivity contribution in [3.63, 3.8) is 0 Å². The summed E-state index contributed by atoms with van der Waals surface area (Å²) in [5.41, 5.74) is 3.42. The van der Waals surface area contributed by atoms with E-state index in [0.717, 1.165) is 23.4 Å². The molecular formula is C28H30N6O2. The van der Waals surface area contributed by atoms with Gasteiger partial charge in [0.2, 0.25) is 11.8 Å². The summed E-state index contributed by atoms with van der Waals surface area (Å²) < 4.78 is 0. The van der Waals surface area contributed by atoms with E-state index in [4.69, 9.17) is 5.26 Å². The molecule has 0 bridgehead atoms. The largest absolute Gasteiger partial charge is 0.359 e. The quantitative estimate of drug-likeness (QED) is 0.511. The lowest BCUT2D eigenvalue weighted by atomic mass is 9.98. The Hall–Kier alpha value is -4.22. The summed E-state index contributed by atoms with van der Waals surface area (Å²) in [5.74, 6) is 0.460. The molecule has 1 saturated heterocycles. The minimum atomic E-state index is -0.566. The molecule has 2 atom stereocenters. The first-order chi connectivity index (χ1) is 17.4. The maximum Gasteiger partial charge on any atom is 0.247 e. The molecule has 36 heavy (non-hydrogen) atoms. The maximum atomic E-state index is 13.3. The van der Waals surface area contributed by atoms with E-state index in [2.05, 4.69) is 28.6 Å². The van der Waals surface area contributed by atoms with Crippen molar-refractivity contribution in [2.45, 2.75) is 18.9 Å². The van der Waals surface area contributed by atoms with Crippen LogP contribution >= 0.6 is 0 Å². The minimum Gasteiger partial charge on any atom is -0.359 e. The van der Waals surface area contributed by atoms with E-state index in [1.165, 1.54) is 0 Å². The summed E-state index contributed by atoms with van der Waals surface area (Å²) in [6, 6.07) is 22.3. The van der Waals surface area contributed by atoms with Crippen LogP contribution in [-0.2, 0) is 9.59 Å². The molecule has 2 amide bonds. The average Bonchev–Trinajstić information content (AvgIpc) is 2.91. The number of benzene rings is 2. The molecule has 0 unspecified atom stereocenters. The van der Waals surface area contributed by atoms with E-state index in [1.807, 2.05) is 53.4 Å². The van der Waals surface area contributed by atoms with Gasteiger partial charge in [-0.2, -0.15) is 5.26 Å². The van der Waals surface area contributed by atoms with Crippen molar-refractivity contribution in [1.82, 2.24) is 15.2 Å². The number of anilines is 2. The van der Waals surface area contributed by atoms with Gasteiger partial charge in [0.05, 0.1) is 30.1 Å². The monoisotopic (exact) mass is 482 g/mol. The van der Waals surface area contributed by atoms with Crippen LogP contribution in [0.4, 0.5) is 11.5 Å². The zero-order valence-corrected chi connectivity index (χ0v) is 20.5. The third kappa shape index (κ3) is 6.06. The predicted octanol–water partition coefficient (Wildman–Crippen LogP) is 3.30. The number of piperazine rings is 1. The van der Waals surface area contributed by atoms with Crippen LogP contribution in [0.15, 0.2) is 72.9 Å². The van der Waals surface area contributed by atoms with Gasteiger partial charge in [-0.15, -0.1) is 0 Å². The third-order valence-corrected chi connectivity index (χ3v) is 6.45. The van der Waals surface area contributed by atoms with Gasteiger partial charge in [0, 0.05) is 26.7 Å². The number of nitriles is 1. The topological polar surface area (TPSA) is 101 Å². The summed E-state index contributed by atoms with van der Waals surface area (Å²) in [7, 11) is 1.80. The lowest BCUT2D eigenvalue weighted by molar-refractivity contribution is -0.129. The molecule has 8 heteroatoms. The smallest absolute Gasteiger partial charge is 0.247 e. The maximum absolute atomic E-state index is 13.3. The highest BCUT2D eigenvalue weighted by atomic mass is 16.2. The Bertz CT molecular complexity index is 1220. The fourth-order valence-electron chi connectivity index (χ4n) is 4.13. The second kappa shape index (κ2) is 11.5. The summed E-state index contributed by atoms with van der Waals surface area (Å²) in [6.45, 7) is 4.39. The fourth-order valence-corrected chi connectivity index (χ4v) is 4.13. The molecule has 3 aromatic rings. The molecule has 0 saturated carbocycles. The first-order valence-electron chi connectivity index (χ1n) is 12.0. The fraction of sp³-hybridized carbons (Fsp3) is 0.286. The molecule has 2 aromatic carbocycles. The van der Waals surface area contributed by atoms with Gasteiger partial charge in [0.25, 0.3) is 0 Å². The lowest BCUT2D eigenvalue weighted by Crippen LogP contribution is -2.48. The summed E-state index contributed by atoms with van der Waals surface area (Å²) in [6.07, 6.45) is 1.69. The first kappa shape index (κ1) is 24.9. The van der Waals surface area contributed by atoms with E-state index in [-0.39, 0.29) is 17.7 Å². The molecule has 1 fully saturated rings. The molecule has 0 spiro atoms. The van der Waals surface area contributed by atoms with E-state index < -0.39 is 6.04 Å². The van der Waals surface area contributed by atoms with Crippen LogP contribution in [0, 0.1) is 11.3 Å². The van der Waals surface area contributed by atoms with Gasteiger partial charge < -0.3 is 20.4 Å². The number of hydrogen-bond acceptors (Lipinski definition) is 6. The third-order valence-electron chi connectivity index (χ3n) is 6.45. The molecule has 184 valence electrons. The Morgan fingerprint density at radius 1 is 1.06 bits per heavy atom. The average molecular weight is 483 g/mol. The molecule has 2 heterocycles. The van der Waals surface area contributed by atoms with Crippen LogP contribution in [0.2, 0.25) is 0 Å². The van der Waals surface area contributed by atoms with Crippen LogP contribution < -0.4 is 15.5 Å². The van der Waals surface area contributed by atoms with E-state index >= 15 is 0 Å². The van der Waals surface area contributed by atoms with Crippen LogP contribution in [0.5, 0.6) is 0 Å². The molecule has 2 N–H and O–H groups in total. The number of pyridine rings is 1. The zero-order chi connectivity index (χ0) is 25.5.